The zero-order chi connectivity index (χ0) is 17.8. The molecule has 3 rings (SSSR count). The zero-order valence-corrected chi connectivity index (χ0v) is 16.4. The Kier molecular flexibility index (Phi) is 5.67. The van der Waals surface area contributed by atoms with Crippen molar-refractivity contribution in [2.45, 2.75) is 26.7 Å². The molecule has 0 bridgehead atoms. The second-order valence-electron chi connectivity index (χ2n) is 5.97. The molecular weight excluding hydrogens is 352 g/mol. The average molecular weight is 376 g/mol. The number of aromatic nitrogens is 3. The molecule has 5 nitrogen and oxygen atoms in total. The third-order valence-corrected chi connectivity index (χ3v) is 5.36. The van der Waals surface area contributed by atoms with Crippen LogP contribution in [-0.4, -0.2) is 28.5 Å². The Labute approximate surface area is 157 Å². The highest BCUT2D eigenvalue weighted by atomic mass is 32.1. The second kappa shape index (κ2) is 7.95. The number of thiophene rings is 1. The molecule has 0 amide bonds. The van der Waals surface area contributed by atoms with Crippen LogP contribution in [0.1, 0.15) is 12.5 Å². The van der Waals surface area contributed by atoms with Gasteiger partial charge < -0.3 is 9.64 Å². The van der Waals surface area contributed by atoms with E-state index in [9.17, 15) is 0 Å². The second-order valence-corrected chi connectivity index (χ2v) is 7.28. The van der Waals surface area contributed by atoms with E-state index in [4.69, 9.17) is 22.1 Å². The number of nitrogens with zero attached hydrogens (tertiary/aromatic N) is 3. The van der Waals surface area contributed by atoms with E-state index >= 15 is 0 Å². The minimum absolute atomic E-state index is 0.732. The fourth-order valence-electron chi connectivity index (χ4n) is 2.82. The van der Waals surface area contributed by atoms with Crippen LogP contribution in [0.5, 0.6) is 5.75 Å². The normalized spacial score (nSPS) is 12.3. The molecule has 2 aromatic heterocycles. The number of methoxy groups -OCH3 is 1. The van der Waals surface area contributed by atoms with Crippen molar-refractivity contribution in [3.05, 3.63) is 52.1 Å². The summed E-state index contributed by atoms with van der Waals surface area (Å²) in [5, 5.41) is 6.84. The molecular formula is C18H23N4OS2+. The third-order valence-electron chi connectivity index (χ3n) is 4.07. The first kappa shape index (κ1) is 17.8. The van der Waals surface area contributed by atoms with Gasteiger partial charge in [-0.2, -0.15) is 4.68 Å². The molecule has 0 radical (unpaired) electrons. The smallest absolute Gasteiger partial charge is 0.203 e. The van der Waals surface area contributed by atoms with Gasteiger partial charge in [0.25, 0.3) is 0 Å². The summed E-state index contributed by atoms with van der Waals surface area (Å²) in [5.41, 5.74) is 1.26. The third kappa shape index (κ3) is 4.00. The molecule has 3 aromatic rings. The number of hydrogen-bond donors (Lipinski definition) is 1. The number of rotatable bonds is 7. The van der Waals surface area contributed by atoms with Crippen molar-refractivity contribution in [2.24, 2.45) is 0 Å². The van der Waals surface area contributed by atoms with Crippen LogP contribution in [0.15, 0.2) is 41.8 Å². The minimum atomic E-state index is 0.732. The summed E-state index contributed by atoms with van der Waals surface area (Å²) in [7, 11) is 3.84. The Balaban J connectivity index is 1.76. The van der Waals surface area contributed by atoms with Crippen molar-refractivity contribution in [2.75, 3.05) is 14.2 Å². The van der Waals surface area contributed by atoms with Crippen molar-refractivity contribution in [1.82, 2.24) is 14.3 Å². The summed E-state index contributed by atoms with van der Waals surface area (Å²) in [6, 6.07) is 12.3. The maximum atomic E-state index is 5.64. The Bertz CT molecular complexity index is 866. The topological polar surface area (TPSA) is 36.4 Å². The Hall–Kier alpha value is -1.96. The van der Waals surface area contributed by atoms with Gasteiger partial charge in [0.05, 0.1) is 19.0 Å². The molecule has 1 aromatic carbocycles. The average Bonchev–Trinajstić information content (AvgIpc) is 3.24. The summed E-state index contributed by atoms with van der Waals surface area (Å²) in [6.07, 6.45) is 0. The summed E-state index contributed by atoms with van der Waals surface area (Å²) < 4.78 is 10.0. The monoisotopic (exact) mass is 375 g/mol. The van der Waals surface area contributed by atoms with Crippen LogP contribution < -0.4 is 9.64 Å². The standard InChI is InChI=1S/C18H22N4OS2/c1-4-21-17(16-6-5-11-25-16)19-22(18(21)24)13-20(2)12-14-7-9-15(23-3)10-8-14/h5-11H,4,12-13H2,1-3H3/p+1. The van der Waals surface area contributed by atoms with Crippen molar-refractivity contribution < 1.29 is 9.64 Å². The predicted octanol–water partition coefficient (Wildman–Crippen LogP) is 2.84. The summed E-state index contributed by atoms with van der Waals surface area (Å²) >= 11 is 7.33. The number of nitrogens with one attached hydrogen (secondary N) is 1. The molecule has 0 saturated carbocycles. The Morgan fingerprint density at radius 1 is 1.24 bits per heavy atom. The Morgan fingerprint density at radius 3 is 2.60 bits per heavy atom. The zero-order valence-electron chi connectivity index (χ0n) is 14.7. The summed E-state index contributed by atoms with van der Waals surface area (Å²) in [6.45, 7) is 4.56. The summed E-state index contributed by atoms with van der Waals surface area (Å²) in [5.74, 6) is 1.84. The van der Waals surface area contributed by atoms with E-state index in [1.54, 1.807) is 18.4 Å². The number of quaternary nitrogens is 1. The van der Waals surface area contributed by atoms with Crippen LogP contribution >= 0.6 is 23.6 Å². The van der Waals surface area contributed by atoms with Crippen molar-refractivity contribution in [3.8, 4) is 16.5 Å². The van der Waals surface area contributed by atoms with Gasteiger partial charge in [-0.25, -0.2) is 0 Å². The molecule has 0 fully saturated rings. The van der Waals surface area contributed by atoms with Gasteiger partial charge in [-0.1, -0.05) is 6.07 Å². The molecule has 25 heavy (non-hydrogen) atoms. The minimum Gasteiger partial charge on any atom is -0.497 e. The Morgan fingerprint density at radius 2 is 2.00 bits per heavy atom. The molecule has 1 unspecified atom stereocenters. The molecule has 2 heterocycles. The van der Waals surface area contributed by atoms with Gasteiger partial charge in [-0.05, 0) is 54.9 Å². The SMILES string of the molecule is CCn1c(-c2cccs2)nn(C[NH+](C)Cc2ccc(OC)cc2)c1=S. The lowest BCUT2D eigenvalue weighted by Crippen LogP contribution is -3.07. The van der Waals surface area contributed by atoms with Crippen LogP contribution in [-0.2, 0) is 19.8 Å². The molecule has 132 valence electrons. The van der Waals surface area contributed by atoms with Crippen molar-refractivity contribution in [3.63, 3.8) is 0 Å². The lowest BCUT2D eigenvalue weighted by Gasteiger charge is -2.14. The van der Waals surface area contributed by atoms with Gasteiger partial charge in [0.15, 0.2) is 12.5 Å². The van der Waals surface area contributed by atoms with Gasteiger partial charge >= 0.3 is 0 Å². The van der Waals surface area contributed by atoms with E-state index < -0.39 is 0 Å². The van der Waals surface area contributed by atoms with Crippen molar-refractivity contribution >= 4 is 23.6 Å². The maximum absolute atomic E-state index is 5.64. The largest absolute Gasteiger partial charge is 0.497 e. The quantitative estimate of drug-likeness (QED) is 0.645. The molecule has 0 aliphatic rings. The molecule has 1 atom stereocenters. The lowest BCUT2D eigenvalue weighted by molar-refractivity contribution is -0.917. The van der Waals surface area contributed by atoms with Crippen LogP contribution in [0.3, 0.4) is 0 Å². The van der Waals surface area contributed by atoms with Crippen LogP contribution in [0.2, 0.25) is 0 Å². The van der Waals surface area contributed by atoms with Crippen LogP contribution in [0.25, 0.3) is 10.7 Å². The van der Waals surface area contributed by atoms with Gasteiger partial charge in [0.2, 0.25) is 4.77 Å². The van der Waals surface area contributed by atoms with E-state index in [2.05, 4.69) is 42.1 Å². The van der Waals surface area contributed by atoms with Gasteiger partial charge in [-0.3, -0.25) is 4.57 Å². The molecule has 0 spiro atoms. The molecule has 0 aliphatic heterocycles. The first-order valence-electron chi connectivity index (χ1n) is 8.28. The molecule has 1 N–H and O–H groups in total. The number of hydrogen-bond acceptors (Lipinski definition) is 4. The van der Waals surface area contributed by atoms with E-state index in [-0.39, 0.29) is 0 Å². The molecule has 0 aliphatic carbocycles. The van der Waals surface area contributed by atoms with Gasteiger partial charge in [0, 0.05) is 12.1 Å². The fourth-order valence-corrected chi connectivity index (χ4v) is 3.86. The first-order valence-corrected chi connectivity index (χ1v) is 9.57. The lowest BCUT2D eigenvalue weighted by atomic mass is 10.2. The van der Waals surface area contributed by atoms with Crippen LogP contribution in [0, 0.1) is 4.77 Å². The van der Waals surface area contributed by atoms with E-state index in [0.29, 0.717) is 0 Å². The van der Waals surface area contributed by atoms with Crippen LogP contribution in [0.4, 0.5) is 0 Å². The van der Waals surface area contributed by atoms with Gasteiger partial charge in [-0.15, -0.1) is 16.4 Å². The predicted molar refractivity (Wildman–Crippen MR) is 104 cm³/mol. The van der Waals surface area contributed by atoms with Gasteiger partial charge in [0.1, 0.15) is 12.3 Å². The highest BCUT2D eigenvalue weighted by Gasteiger charge is 2.15. The fraction of sp³-hybridized carbons (Fsp3) is 0.333. The maximum Gasteiger partial charge on any atom is 0.203 e. The molecule has 0 saturated heterocycles. The first-order chi connectivity index (χ1) is 12.1. The van der Waals surface area contributed by atoms with E-state index in [0.717, 1.165) is 41.0 Å². The summed E-state index contributed by atoms with van der Waals surface area (Å²) in [4.78, 5) is 2.47. The number of ether oxygens (including phenoxy) is 1. The van der Waals surface area contributed by atoms with E-state index in [1.165, 1.54) is 10.5 Å². The highest BCUT2D eigenvalue weighted by molar-refractivity contribution is 7.71. The highest BCUT2D eigenvalue weighted by Crippen LogP contribution is 2.23. The van der Waals surface area contributed by atoms with E-state index in [1.807, 2.05) is 22.9 Å². The van der Waals surface area contributed by atoms with Crippen molar-refractivity contribution in [1.29, 1.82) is 0 Å². The molecule has 7 heteroatoms. The number of benzene rings is 1.